The zero-order valence-corrected chi connectivity index (χ0v) is 18.1. The van der Waals surface area contributed by atoms with E-state index in [9.17, 15) is 19.5 Å². The number of amides is 1. The van der Waals surface area contributed by atoms with Gasteiger partial charge in [-0.25, -0.2) is 0 Å². The molecule has 0 saturated carbocycles. The van der Waals surface area contributed by atoms with E-state index in [-0.39, 0.29) is 47.7 Å². The van der Waals surface area contributed by atoms with Crippen molar-refractivity contribution < 1.29 is 19.5 Å². The van der Waals surface area contributed by atoms with Crippen molar-refractivity contribution in [2.45, 2.75) is 66.0 Å². The molecule has 1 amide bonds. The number of nitrogens with one attached hydrogen (secondary N) is 1. The van der Waals surface area contributed by atoms with Gasteiger partial charge in [-0.3, -0.25) is 14.4 Å². The molecule has 1 heterocycles. The fraction of sp³-hybridized carbons (Fsp3) is 0.625. The lowest BCUT2D eigenvalue weighted by Crippen LogP contribution is -2.51. The molecule has 6 atom stereocenters. The van der Waals surface area contributed by atoms with Crippen LogP contribution in [0.3, 0.4) is 0 Å². The molecule has 1 aliphatic heterocycles. The highest BCUT2D eigenvalue weighted by Crippen LogP contribution is 2.55. The van der Waals surface area contributed by atoms with Gasteiger partial charge in [-0.2, -0.15) is 0 Å². The van der Waals surface area contributed by atoms with Gasteiger partial charge < -0.3 is 10.4 Å². The number of Topliss-reactive ketones (excluding diaryl/α,β-unsaturated/α-hetero) is 1. The number of allylic oxidation sites excluding steroid dienone is 5. The maximum Gasteiger partial charge on any atom is 0.235 e. The van der Waals surface area contributed by atoms with E-state index in [1.165, 1.54) is 17.7 Å². The van der Waals surface area contributed by atoms with Crippen molar-refractivity contribution in [2.24, 2.45) is 29.1 Å². The van der Waals surface area contributed by atoms with Crippen LogP contribution < -0.4 is 5.32 Å². The summed E-state index contributed by atoms with van der Waals surface area (Å²) >= 11 is 0. The van der Waals surface area contributed by atoms with E-state index in [0.717, 1.165) is 12.0 Å². The van der Waals surface area contributed by atoms with Gasteiger partial charge >= 0.3 is 0 Å². The summed E-state index contributed by atoms with van der Waals surface area (Å²) in [5.41, 5.74) is 0.915. The van der Waals surface area contributed by atoms with E-state index >= 15 is 0 Å². The molecule has 3 rings (SSSR count). The Morgan fingerprint density at radius 3 is 2.52 bits per heavy atom. The van der Waals surface area contributed by atoms with Crippen LogP contribution in [-0.4, -0.2) is 34.7 Å². The number of hydrogen-bond acceptors (Lipinski definition) is 4. The Labute approximate surface area is 173 Å². The molecule has 29 heavy (non-hydrogen) atoms. The molecule has 2 aliphatic carbocycles. The molecule has 5 heteroatoms. The van der Waals surface area contributed by atoms with E-state index in [1.807, 2.05) is 13.0 Å². The lowest BCUT2D eigenvalue weighted by Gasteiger charge is -2.44. The minimum Gasteiger partial charge on any atom is -0.381 e. The molecule has 158 valence electrons. The van der Waals surface area contributed by atoms with Gasteiger partial charge in [-0.15, -0.1) is 0 Å². The normalized spacial score (nSPS) is 40.9. The van der Waals surface area contributed by atoms with E-state index < -0.39 is 11.5 Å². The fourth-order valence-electron chi connectivity index (χ4n) is 5.43. The number of ketones is 2. The second kappa shape index (κ2) is 8.02. The average Bonchev–Trinajstić information content (AvgIpc) is 2.93. The maximum absolute atomic E-state index is 13.6. The number of aliphatic hydroxyl groups is 1. The third kappa shape index (κ3) is 3.65. The minimum atomic E-state index is -1.31. The summed E-state index contributed by atoms with van der Waals surface area (Å²) in [5.74, 6) is -0.911. The van der Waals surface area contributed by atoms with Gasteiger partial charge in [0.2, 0.25) is 5.91 Å². The zero-order chi connectivity index (χ0) is 21.5. The van der Waals surface area contributed by atoms with Crippen molar-refractivity contribution in [3.63, 3.8) is 0 Å². The van der Waals surface area contributed by atoms with Crippen LogP contribution in [0.15, 0.2) is 35.5 Å². The summed E-state index contributed by atoms with van der Waals surface area (Å²) in [6.07, 6.45) is 6.81. The Balaban J connectivity index is 2.21. The molecule has 0 aromatic heterocycles. The molecule has 0 radical (unpaired) electrons. The van der Waals surface area contributed by atoms with Gasteiger partial charge in [0.25, 0.3) is 0 Å². The first-order chi connectivity index (χ1) is 13.6. The molecule has 1 spiro atoms. The summed E-state index contributed by atoms with van der Waals surface area (Å²) in [7, 11) is 0. The van der Waals surface area contributed by atoms with E-state index in [1.54, 1.807) is 0 Å². The fourth-order valence-corrected chi connectivity index (χ4v) is 5.43. The number of rotatable bonds is 2. The lowest BCUT2D eigenvalue weighted by molar-refractivity contribution is -0.142. The second-order valence-electron chi connectivity index (χ2n) is 9.48. The van der Waals surface area contributed by atoms with Gasteiger partial charge in [-0.05, 0) is 50.7 Å². The van der Waals surface area contributed by atoms with Gasteiger partial charge in [0.15, 0.2) is 11.6 Å². The van der Waals surface area contributed by atoms with Crippen LogP contribution in [0.2, 0.25) is 0 Å². The summed E-state index contributed by atoms with van der Waals surface area (Å²) in [5, 5.41) is 13.3. The third-order valence-corrected chi connectivity index (χ3v) is 7.00. The van der Waals surface area contributed by atoms with Crippen LogP contribution in [0.25, 0.3) is 0 Å². The highest BCUT2D eigenvalue weighted by Gasteiger charge is 2.64. The number of hydrogen-bond donors (Lipinski definition) is 2. The number of aliphatic hydroxyl groups excluding tert-OH is 1. The molecular formula is C24H33NO4. The summed E-state index contributed by atoms with van der Waals surface area (Å²) in [6, 6.07) is -0.0774. The highest BCUT2D eigenvalue weighted by molar-refractivity contribution is 6.14. The Hall–Kier alpha value is -2.01. The quantitative estimate of drug-likeness (QED) is 0.552. The van der Waals surface area contributed by atoms with Gasteiger partial charge in [0.1, 0.15) is 11.5 Å². The van der Waals surface area contributed by atoms with Crippen molar-refractivity contribution in [2.75, 3.05) is 0 Å². The Bertz CT molecular complexity index is 806. The second-order valence-corrected chi connectivity index (χ2v) is 9.48. The smallest absolute Gasteiger partial charge is 0.235 e. The predicted octanol–water partition coefficient (Wildman–Crippen LogP) is 3.14. The topological polar surface area (TPSA) is 83.5 Å². The molecule has 2 N–H and O–H groups in total. The van der Waals surface area contributed by atoms with Crippen molar-refractivity contribution in [1.82, 2.24) is 5.32 Å². The van der Waals surface area contributed by atoms with Crippen LogP contribution in [0.1, 0.15) is 53.9 Å². The summed E-state index contributed by atoms with van der Waals surface area (Å²) in [4.78, 5) is 39.2. The first kappa shape index (κ1) is 21.7. The first-order valence-corrected chi connectivity index (χ1v) is 10.7. The standard InChI is InChI=1S/C24H33NO4/c1-13(2)10-18-22-16(5)15(4)12-17-11-14(3)6-7-19(26)20(27)8-9-21(28)24(17,22)23(29)25-18/h8-9,11-13,16-18,20,22,27H,6-7,10H2,1-5H3,(H,25,29)/b9-8+,14-11+/t16-,17+,18+,20+,22+,24-/m1/s1. The molecule has 5 nitrogen and oxygen atoms in total. The molecule has 0 unspecified atom stereocenters. The minimum absolute atomic E-state index is 0.0774. The van der Waals surface area contributed by atoms with Crippen molar-refractivity contribution in [1.29, 1.82) is 0 Å². The maximum atomic E-state index is 13.6. The van der Waals surface area contributed by atoms with Gasteiger partial charge in [0, 0.05) is 24.3 Å². The van der Waals surface area contributed by atoms with Crippen LogP contribution in [0, 0.1) is 29.1 Å². The molecular weight excluding hydrogens is 366 g/mol. The van der Waals surface area contributed by atoms with Crippen LogP contribution >= 0.6 is 0 Å². The van der Waals surface area contributed by atoms with Crippen LogP contribution in [0.5, 0.6) is 0 Å². The number of carbonyl (C=O) groups is 3. The molecule has 0 aromatic carbocycles. The molecule has 0 aromatic rings. The Morgan fingerprint density at radius 1 is 1.17 bits per heavy atom. The number of carbonyl (C=O) groups excluding carboxylic acids is 3. The SMILES string of the molecule is CC1=C[C@@H]2/C=C(\C)CCC(=O)[C@@H](O)/C=C/C(=O)[C@]23C(=O)N[C@@H](CC(C)C)[C@@H]3[C@@H]1C. The zero-order valence-electron chi connectivity index (χ0n) is 18.1. The molecule has 1 saturated heterocycles. The van der Waals surface area contributed by atoms with E-state index in [0.29, 0.717) is 12.3 Å². The van der Waals surface area contributed by atoms with E-state index in [2.05, 4.69) is 39.1 Å². The molecule has 1 fully saturated rings. The van der Waals surface area contributed by atoms with Crippen LogP contribution in [0.4, 0.5) is 0 Å². The predicted molar refractivity (Wildman–Crippen MR) is 112 cm³/mol. The molecule has 3 aliphatic rings. The van der Waals surface area contributed by atoms with Gasteiger partial charge in [0.05, 0.1) is 0 Å². The summed E-state index contributed by atoms with van der Waals surface area (Å²) < 4.78 is 0. The third-order valence-electron chi connectivity index (χ3n) is 7.00. The Kier molecular flexibility index (Phi) is 6.00. The first-order valence-electron chi connectivity index (χ1n) is 10.7. The lowest BCUT2D eigenvalue weighted by atomic mass is 9.55. The monoisotopic (exact) mass is 399 g/mol. The highest BCUT2D eigenvalue weighted by atomic mass is 16.3. The van der Waals surface area contributed by atoms with Crippen LogP contribution in [-0.2, 0) is 14.4 Å². The van der Waals surface area contributed by atoms with Crippen molar-refractivity contribution in [3.8, 4) is 0 Å². The average molecular weight is 400 g/mol. The van der Waals surface area contributed by atoms with Crippen molar-refractivity contribution in [3.05, 3.63) is 35.5 Å². The Morgan fingerprint density at radius 2 is 1.86 bits per heavy atom. The van der Waals surface area contributed by atoms with Gasteiger partial charge in [-0.1, -0.05) is 44.1 Å². The largest absolute Gasteiger partial charge is 0.381 e. The molecule has 0 bridgehead atoms. The summed E-state index contributed by atoms with van der Waals surface area (Å²) in [6.45, 7) is 10.3. The van der Waals surface area contributed by atoms with E-state index in [4.69, 9.17) is 0 Å². The van der Waals surface area contributed by atoms with Crippen molar-refractivity contribution >= 4 is 17.5 Å².